The molecule has 0 bridgehead atoms. The highest BCUT2D eigenvalue weighted by Gasteiger charge is 2.33. The van der Waals surface area contributed by atoms with Gasteiger partial charge in [-0.1, -0.05) is 79.6 Å². The number of hydrogen-bond donors (Lipinski definition) is 1. The fourth-order valence-electron chi connectivity index (χ4n) is 6.62. The number of rotatable bonds is 12. The SMILES string of the molecule is COc1cccc(CN(C(=O)CCCN2C(=O)c3cccc4cccc2c34)[C@@H](Cc2ccccc2)C(=O)NC2CCCC2)c1. The van der Waals surface area contributed by atoms with E-state index in [0.717, 1.165) is 53.3 Å². The molecule has 1 atom stereocenters. The molecule has 44 heavy (non-hydrogen) atoms. The molecule has 2 aliphatic rings. The predicted molar refractivity (Wildman–Crippen MR) is 173 cm³/mol. The maximum absolute atomic E-state index is 14.2. The first kappa shape index (κ1) is 29.4. The van der Waals surface area contributed by atoms with Crippen LogP contribution in [0.15, 0.2) is 91.0 Å². The second-order valence-corrected chi connectivity index (χ2v) is 11.8. The molecule has 0 unspecified atom stereocenters. The second-order valence-electron chi connectivity index (χ2n) is 11.8. The number of ether oxygens (including phenoxy) is 1. The summed E-state index contributed by atoms with van der Waals surface area (Å²) in [5.41, 5.74) is 3.48. The smallest absolute Gasteiger partial charge is 0.258 e. The first-order chi connectivity index (χ1) is 21.5. The number of hydrogen-bond acceptors (Lipinski definition) is 4. The minimum atomic E-state index is -0.678. The highest BCUT2D eigenvalue weighted by Crippen LogP contribution is 2.37. The van der Waals surface area contributed by atoms with Crippen molar-refractivity contribution in [1.82, 2.24) is 10.2 Å². The largest absolute Gasteiger partial charge is 0.497 e. The van der Waals surface area contributed by atoms with Crippen LogP contribution in [0.3, 0.4) is 0 Å². The Hall–Kier alpha value is -4.65. The summed E-state index contributed by atoms with van der Waals surface area (Å²) in [6, 6.07) is 28.7. The van der Waals surface area contributed by atoms with Gasteiger partial charge >= 0.3 is 0 Å². The van der Waals surface area contributed by atoms with Crippen molar-refractivity contribution in [2.75, 3.05) is 18.6 Å². The van der Waals surface area contributed by atoms with Crippen molar-refractivity contribution < 1.29 is 19.1 Å². The Kier molecular flexibility index (Phi) is 8.91. The zero-order valence-corrected chi connectivity index (χ0v) is 25.2. The van der Waals surface area contributed by atoms with Crippen LogP contribution in [0.25, 0.3) is 10.8 Å². The molecule has 3 amide bonds. The van der Waals surface area contributed by atoms with Gasteiger partial charge in [0.15, 0.2) is 0 Å². The molecule has 1 N–H and O–H groups in total. The van der Waals surface area contributed by atoms with Crippen molar-refractivity contribution in [1.29, 1.82) is 0 Å². The molecular weight excluding hydrogens is 550 g/mol. The molecule has 1 fully saturated rings. The lowest BCUT2D eigenvalue weighted by molar-refractivity contribution is -0.141. The summed E-state index contributed by atoms with van der Waals surface area (Å²) < 4.78 is 5.45. The zero-order valence-electron chi connectivity index (χ0n) is 25.2. The Bertz CT molecular complexity index is 1640. The van der Waals surface area contributed by atoms with E-state index in [1.54, 1.807) is 16.9 Å². The molecule has 0 radical (unpaired) electrons. The van der Waals surface area contributed by atoms with Crippen LogP contribution in [0.4, 0.5) is 5.69 Å². The van der Waals surface area contributed by atoms with E-state index in [9.17, 15) is 14.4 Å². The summed E-state index contributed by atoms with van der Waals surface area (Å²) in [7, 11) is 1.62. The zero-order chi connectivity index (χ0) is 30.5. The van der Waals surface area contributed by atoms with Crippen LogP contribution in [-0.2, 0) is 22.6 Å². The maximum atomic E-state index is 14.2. The number of nitrogens with one attached hydrogen (secondary N) is 1. The average Bonchev–Trinajstić information content (AvgIpc) is 3.66. The quantitative estimate of drug-likeness (QED) is 0.211. The van der Waals surface area contributed by atoms with Gasteiger partial charge in [-0.3, -0.25) is 14.4 Å². The molecule has 1 aliphatic carbocycles. The monoisotopic (exact) mass is 589 g/mol. The van der Waals surface area contributed by atoms with Crippen LogP contribution >= 0.6 is 0 Å². The van der Waals surface area contributed by atoms with Crippen molar-refractivity contribution in [3.63, 3.8) is 0 Å². The number of benzene rings is 4. The van der Waals surface area contributed by atoms with E-state index in [1.165, 1.54) is 0 Å². The third-order valence-corrected chi connectivity index (χ3v) is 8.88. The van der Waals surface area contributed by atoms with Crippen LogP contribution in [-0.4, -0.2) is 48.4 Å². The molecule has 4 aromatic rings. The number of methoxy groups -OCH3 is 1. The number of carbonyl (C=O) groups excluding carboxylic acids is 3. The Morgan fingerprint density at radius 2 is 1.66 bits per heavy atom. The second kappa shape index (κ2) is 13.3. The van der Waals surface area contributed by atoms with E-state index in [4.69, 9.17) is 4.74 Å². The molecule has 7 heteroatoms. The third kappa shape index (κ3) is 6.32. The summed E-state index contributed by atoms with van der Waals surface area (Å²) in [4.78, 5) is 44.9. The minimum Gasteiger partial charge on any atom is -0.497 e. The van der Waals surface area contributed by atoms with Crippen molar-refractivity contribution in [2.45, 2.75) is 63.6 Å². The lowest BCUT2D eigenvalue weighted by Crippen LogP contribution is -2.52. The van der Waals surface area contributed by atoms with Crippen LogP contribution in [0.1, 0.15) is 60.0 Å². The molecule has 0 spiro atoms. The average molecular weight is 590 g/mol. The van der Waals surface area contributed by atoms with Gasteiger partial charge in [-0.05, 0) is 60.0 Å². The third-order valence-electron chi connectivity index (χ3n) is 8.88. The highest BCUT2D eigenvalue weighted by molar-refractivity contribution is 6.25. The van der Waals surface area contributed by atoms with Crippen LogP contribution in [0.5, 0.6) is 5.75 Å². The standard InChI is InChI=1S/C37H39N3O4/c1-44-30-18-7-13-27(23-30)25-40(33(24-26-11-3-2-4-12-26)36(42)38-29-16-5-6-17-29)34(41)21-10-22-39-32-20-9-15-28-14-8-19-31(35(28)32)37(39)43/h2-4,7-9,11-15,18-20,23,29,33H,5-6,10,16-17,21-22,24-25H2,1H3,(H,38,42)/t33-/m0/s1. The van der Waals surface area contributed by atoms with Gasteiger partial charge in [0.1, 0.15) is 11.8 Å². The number of nitrogens with zero attached hydrogens (tertiary/aromatic N) is 2. The van der Waals surface area contributed by atoms with E-state index < -0.39 is 6.04 Å². The summed E-state index contributed by atoms with van der Waals surface area (Å²) >= 11 is 0. The fraction of sp³-hybridized carbons (Fsp3) is 0.324. The van der Waals surface area contributed by atoms with E-state index in [0.29, 0.717) is 30.7 Å². The number of anilines is 1. The first-order valence-corrected chi connectivity index (χ1v) is 15.6. The molecule has 0 saturated heterocycles. The Labute approximate surface area is 258 Å². The topological polar surface area (TPSA) is 79.0 Å². The van der Waals surface area contributed by atoms with Gasteiger partial charge in [-0.15, -0.1) is 0 Å². The summed E-state index contributed by atoms with van der Waals surface area (Å²) in [6.07, 6.45) is 5.24. The predicted octanol–water partition coefficient (Wildman–Crippen LogP) is 6.29. The number of amides is 3. The summed E-state index contributed by atoms with van der Waals surface area (Å²) in [5, 5.41) is 5.27. The molecule has 1 aliphatic heterocycles. The van der Waals surface area contributed by atoms with Crippen molar-refractivity contribution in [2.24, 2.45) is 0 Å². The van der Waals surface area contributed by atoms with E-state index in [2.05, 4.69) is 5.32 Å². The summed E-state index contributed by atoms with van der Waals surface area (Å²) in [6.45, 7) is 0.696. The lowest BCUT2D eigenvalue weighted by atomic mass is 10.0. The van der Waals surface area contributed by atoms with Gasteiger partial charge in [0, 0.05) is 42.9 Å². The van der Waals surface area contributed by atoms with E-state index in [-0.39, 0.29) is 36.7 Å². The fourth-order valence-corrected chi connectivity index (χ4v) is 6.62. The highest BCUT2D eigenvalue weighted by atomic mass is 16.5. The van der Waals surface area contributed by atoms with Crippen LogP contribution < -0.4 is 15.0 Å². The van der Waals surface area contributed by atoms with E-state index in [1.807, 2.05) is 91.0 Å². The lowest BCUT2D eigenvalue weighted by Gasteiger charge is -2.32. The van der Waals surface area contributed by atoms with Crippen molar-refractivity contribution in [3.8, 4) is 5.75 Å². The number of carbonyl (C=O) groups is 3. The van der Waals surface area contributed by atoms with Crippen molar-refractivity contribution in [3.05, 3.63) is 108 Å². The Morgan fingerprint density at radius 1 is 0.932 bits per heavy atom. The molecule has 1 saturated carbocycles. The first-order valence-electron chi connectivity index (χ1n) is 15.6. The molecule has 6 rings (SSSR count). The molecule has 0 aromatic heterocycles. The Balaban J connectivity index is 1.24. The van der Waals surface area contributed by atoms with Gasteiger partial charge in [0.2, 0.25) is 11.8 Å². The van der Waals surface area contributed by atoms with Crippen molar-refractivity contribution >= 4 is 34.2 Å². The summed E-state index contributed by atoms with van der Waals surface area (Å²) in [5.74, 6) is 0.438. The van der Waals surface area contributed by atoms with Gasteiger partial charge in [-0.25, -0.2) is 0 Å². The van der Waals surface area contributed by atoms with Gasteiger partial charge < -0.3 is 19.9 Å². The Morgan fingerprint density at radius 3 is 2.43 bits per heavy atom. The molecule has 1 heterocycles. The molecular formula is C37H39N3O4. The molecule has 7 nitrogen and oxygen atoms in total. The normalized spacial score (nSPS) is 15.0. The minimum absolute atomic E-state index is 0.0321. The molecule has 226 valence electrons. The van der Waals surface area contributed by atoms with E-state index >= 15 is 0 Å². The van der Waals surface area contributed by atoms with Gasteiger partial charge in [0.25, 0.3) is 5.91 Å². The van der Waals surface area contributed by atoms with Gasteiger partial charge in [0.05, 0.1) is 12.8 Å². The van der Waals surface area contributed by atoms with Crippen LogP contribution in [0, 0.1) is 0 Å². The van der Waals surface area contributed by atoms with Gasteiger partial charge in [-0.2, -0.15) is 0 Å². The van der Waals surface area contributed by atoms with Crippen LogP contribution in [0.2, 0.25) is 0 Å². The maximum Gasteiger partial charge on any atom is 0.258 e. The molecule has 4 aromatic carbocycles.